The second-order valence-corrected chi connectivity index (χ2v) is 9.71. The van der Waals surface area contributed by atoms with E-state index in [4.69, 9.17) is 0 Å². The van der Waals surface area contributed by atoms with Crippen molar-refractivity contribution < 1.29 is 13.2 Å². The molecule has 0 aliphatic carbocycles. The number of nitrogens with one attached hydrogen (secondary N) is 1. The van der Waals surface area contributed by atoms with Crippen LogP contribution in [0.15, 0.2) is 23.1 Å². The number of carbonyl (C=O) groups excluding carboxylic acids is 1. The first-order chi connectivity index (χ1) is 12.9. The van der Waals surface area contributed by atoms with E-state index in [1.54, 1.807) is 29.4 Å². The molecule has 27 heavy (non-hydrogen) atoms. The molecule has 1 amide bonds. The van der Waals surface area contributed by atoms with Gasteiger partial charge in [-0.2, -0.15) is 4.31 Å². The predicted molar refractivity (Wildman–Crippen MR) is 107 cm³/mol. The maximum absolute atomic E-state index is 13.0. The Balaban J connectivity index is 1.72. The van der Waals surface area contributed by atoms with Crippen molar-refractivity contribution in [3.05, 3.63) is 23.8 Å². The van der Waals surface area contributed by atoms with E-state index >= 15 is 0 Å². The first-order valence-electron chi connectivity index (χ1n) is 10.0. The van der Waals surface area contributed by atoms with Gasteiger partial charge >= 0.3 is 0 Å². The van der Waals surface area contributed by atoms with E-state index in [2.05, 4.69) is 17.1 Å². The second kappa shape index (κ2) is 8.71. The Morgan fingerprint density at radius 1 is 1.11 bits per heavy atom. The lowest BCUT2D eigenvalue weighted by Gasteiger charge is -2.32. The van der Waals surface area contributed by atoms with Crippen LogP contribution in [0.25, 0.3) is 0 Å². The summed E-state index contributed by atoms with van der Waals surface area (Å²) in [6.07, 6.45) is 6.35. The average Bonchev–Trinajstić information content (AvgIpc) is 2.66. The summed E-state index contributed by atoms with van der Waals surface area (Å²) in [4.78, 5) is 15.0. The summed E-state index contributed by atoms with van der Waals surface area (Å²) in [5.74, 6) is -0.0890. The van der Waals surface area contributed by atoms with Gasteiger partial charge in [-0.3, -0.25) is 9.69 Å². The normalized spacial score (nSPS) is 22.5. The van der Waals surface area contributed by atoms with E-state index in [9.17, 15) is 13.2 Å². The molecule has 6 nitrogen and oxygen atoms in total. The predicted octanol–water partition coefficient (Wildman–Crippen LogP) is 2.98. The Morgan fingerprint density at radius 2 is 1.81 bits per heavy atom. The highest BCUT2D eigenvalue weighted by molar-refractivity contribution is 7.89. The molecule has 0 bridgehead atoms. The molecule has 2 aliphatic rings. The van der Waals surface area contributed by atoms with Crippen LogP contribution < -0.4 is 5.32 Å². The molecule has 150 valence electrons. The molecule has 0 unspecified atom stereocenters. The molecule has 3 rings (SSSR count). The number of likely N-dealkylation sites (tertiary alicyclic amines) is 1. The number of carbonyl (C=O) groups is 1. The van der Waals surface area contributed by atoms with Gasteiger partial charge in [-0.05, 0) is 63.8 Å². The van der Waals surface area contributed by atoms with E-state index in [-0.39, 0.29) is 5.91 Å². The third-order valence-electron chi connectivity index (χ3n) is 5.69. The molecule has 2 aliphatic heterocycles. The maximum Gasteiger partial charge on any atom is 0.243 e. The number of hydrogen-bond acceptors (Lipinski definition) is 4. The topological polar surface area (TPSA) is 69.7 Å². The first kappa shape index (κ1) is 20.3. The molecule has 0 spiro atoms. The fraction of sp³-hybridized carbons (Fsp3) is 0.650. The SMILES string of the molecule is Cc1ccc(NC(=O)CN2CCCC[C@H]2C)cc1S(=O)(=O)N1CCCCC1. The monoisotopic (exact) mass is 393 g/mol. The van der Waals surface area contributed by atoms with Crippen molar-refractivity contribution in [2.24, 2.45) is 0 Å². The Morgan fingerprint density at radius 3 is 2.52 bits per heavy atom. The van der Waals surface area contributed by atoms with Gasteiger partial charge in [0.05, 0.1) is 11.4 Å². The maximum atomic E-state index is 13.0. The Labute approximate surface area is 163 Å². The van der Waals surface area contributed by atoms with Crippen LogP contribution in [0.1, 0.15) is 51.0 Å². The molecule has 0 radical (unpaired) electrons. The molecular formula is C20H31N3O3S. The fourth-order valence-electron chi connectivity index (χ4n) is 3.98. The minimum Gasteiger partial charge on any atom is -0.325 e. The van der Waals surface area contributed by atoms with Gasteiger partial charge in [0.15, 0.2) is 0 Å². The number of amides is 1. The van der Waals surface area contributed by atoms with Crippen LogP contribution in [0.2, 0.25) is 0 Å². The molecule has 1 aromatic carbocycles. The highest BCUT2D eigenvalue weighted by Gasteiger charge is 2.28. The van der Waals surface area contributed by atoms with Gasteiger partial charge < -0.3 is 5.32 Å². The van der Waals surface area contributed by atoms with Gasteiger partial charge in [0.25, 0.3) is 0 Å². The van der Waals surface area contributed by atoms with Gasteiger partial charge in [0, 0.05) is 24.8 Å². The van der Waals surface area contributed by atoms with Crippen LogP contribution in [0.3, 0.4) is 0 Å². The molecule has 2 heterocycles. The molecule has 1 aromatic rings. The Hall–Kier alpha value is -1.44. The fourth-order valence-corrected chi connectivity index (χ4v) is 5.75. The molecule has 7 heteroatoms. The van der Waals surface area contributed by atoms with E-state index in [0.717, 1.165) is 38.6 Å². The average molecular weight is 394 g/mol. The smallest absolute Gasteiger partial charge is 0.243 e. The molecule has 1 atom stereocenters. The summed E-state index contributed by atoms with van der Waals surface area (Å²) in [5.41, 5.74) is 1.26. The van der Waals surface area contributed by atoms with Crippen molar-refractivity contribution in [3.63, 3.8) is 0 Å². The summed E-state index contributed by atoms with van der Waals surface area (Å²) >= 11 is 0. The largest absolute Gasteiger partial charge is 0.325 e. The molecule has 1 N–H and O–H groups in total. The summed E-state index contributed by atoms with van der Waals surface area (Å²) < 4.78 is 27.6. The van der Waals surface area contributed by atoms with Crippen molar-refractivity contribution in [1.29, 1.82) is 0 Å². The molecule has 0 aromatic heterocycles. The molecule has 2 fully saturated rings. The highest BCUT2D eigenvalue weighted by Crippen LogP contribution is 2.26. The summed E-state index contributed by atoms with van der Waals surface area (Å²) in [6, 6.07) is 5.58. The van der Waals surface area contributed by atoms with E-state index < -0.39 is 10.0 Å². The lowest BCUT2D eigenvalue weighted by Crippen LogP contribution is -2.42. The quantitative estimate of drug-likeness (QED) is 0.835. The number of rotatable bonds is 5. The lowest BCUT2D eigenvalue weighted by atomic mass is 10.0. The number of nitrogens with zero attached hydrogens (tertiary/aromatic N) is 2. The summed E-state index contributed by atoms with van der Waals surface area (Å²) in [6.45, 7) is 6.40. The van der Waals surface area contributed by atoms with Crippen LogP contribution >= 0.6 is 0 Å². The summed E-state index contributed by atoms with van der Waals surface area (Å²) in [5, 5.41) is 2.89. The zero-order valence-electron chi connectivity index (χ0n) is 16.4. The van der Waals surface area contributed by atoms with Gasteiger partial charge in [-0.1, -0.05) is 18.9 Å². The van der Waals surface area contributed by atoms with Crippen LogP contribution in [-0.4, -0.2) is 55.8 Å². The van der Waals surface area contributed by atoms with Crippen LogP contribution in [-0.2, 0) is 14.8 Å². The second-order valence-electron chi connectivity index (χ2n) is 7.81. The number of anilines is 1. The Kier molecular flexibility index (Phi) is 6.55. The van der Waals surface area contributed by atoms with Gasteiger partial charge in [-0.15, -0.1) is 0 Å². The van der Waals surface area contributed by atoms with Gasteiger partial charge in [-0.25, -0.2) is 8.42 Å². The van der Waals surface area contributed by atoms with Crippen molar-refractivity contribution >= 4 is 21.6 Å². The van der Waals surface area contributed by atoms with Gasteiger partial charge in [0.2, 0.25) is 15.9 Å². The minimum absolute atomic E-state index is 0.0890. The molecule has 0 saturated carbocycles. The van der Waals surface area contributed by atoms with Crippen molar-refractivity contribution in [1.82, 2.24) is 9.21 Å². The van der Waals surface area contributed by atoms with E-state index in [0.29, 0.717) is 41.8 Å². The van der Waals surface area contributed by atoms with Crippen molar-refractivity contribution in [2.45, 2.75) is 63.3 Å². The third-order valence-corrected chi connectivity index (χ3v) is 7.73. The minimum atomic E-state index is -3.52. The number of benzene rings is 1. The zero-order valence-corrected chi connectivity index (χ0v) is 17.2. The Bertz CT molecular complexity index is 773. The molecular weight excluding hydrogens is 362 g/mol. The van der Waals surface area contributed by atoms with Crippen molar-refractivity contribution in [3.8, 4) is 0 Å². The molecule has 2 saturated heterocycles. The van der Waals surface area contributed by atoms with Gasteiger partial charge in [0.1, 0.15) is 0 Å². The van der Waals surface area contributed by atoms with E-state index in [1.165, 1.54) is 6.42 Å². The van der Waals surface area contributed by atoms with Crippen molar-refractivity contribution in [2.75, 3.05) is 31.5 Å². The standard InChI is InChI=1S/C20H31N3O3S/c1-16-9-10-18(21-20(24)15-22-11-7-4-8-17(22)2)14-19(16)27(25,26)23-12-5-3-6-13-23/h9-10,14,17H,3-8,11-13,15H2,1-2H3,(H,21,24)/t17-/m1/s1. The van der Waals surface area contributed by atoms with Crippen LogP contribution in [0.5, 0.6) is 0 Å². The highest BCUT2D eigenvalue weighted by atomic mass is 32.2. The number of sulfonamides is 1. The lowest BCUT2D eigenvalue weighted by molar-refractivity contribution is -0.118. The zero-order chi connectivity index (χ0) is 19.4. The van der Waals surface area contributed by atoms with E-state index in [1.807, 2.05) is 0 Å². The third kappa shape index (κ3) is 4.89. The van der Waals surface area contributed by atoms with Crippen LogP contribution in [0, 0.1) is 6.92 Å². The first-order valence-corrected chi connectivity index (χ1v) is 11.5. The van der Waals surface area contributed by atoms with Crippen LogP contribution in [0.4, 0.5) is 5.69 Å². The number of hydrogen-bond donors (Lipinski definition) is 1. The number of aryl methyl sites for hydroxylation is 1. The number of piperidine rings is 2. The summed E-state index contributed by atoms with van der Waals surface area (Å²) in [7, 11) is -3.52.